The number of rotatable bonds is 16. The topological polar surface area (TPSA) is 86.5 Å². The van der Waals surface area contributed by atoms with E-state index in [-0.39, 0.29) is 24.5 Å². The average molecular weight is 617 g/mol. The Morgan fingerprint density at radius 3 is 2.35 bits per heavy atom. The van der Waals surface area contributed by atoms with Crippen molar-refractivity contribution in [2.75, 3.05) is 79.7 Å². The molecule has 1 saturated heterocycles. The minimum absolute atomic E-state index is 0.0302. The monoisotopic (exact) mass is 615 g/mol. The van der Waals surface area contributed by atoms with Crippen molar-refractivity contribution in [1.29, 1.82) is 0 Å². The van der Waals surface area contributed by atoms with Crippen LogP contribution in [0.15, 0.2) is 48.5 Å². The number of hydrogen-bond acceptors (Lipinski definition) is 8. The Hall–Kier alpha value is -1.40. The first-order valence-electron chi connectivity index (χ1n) is 13.3. The molecule has 0 bridgehead atoms. The molecule has 2 aromatic rings. The standard InChI is InChI=1S/C28H38Cl2N2O5.CH5NS/c1-31(28(33)19-22-8-9-25(29)26(30)18-22)27(23-6-4-3-5-7-23)21-32-11-10-24(20-32)37-17-16-36-15-14-35-13-12-34-2;1-3-2/h3-9,18,24,27H,10-17,19-21H2,1-2H3;2H2,1H3. The molecule has 2 N–H and O–H groups in total. The van der Waals surface area contributed by atoms with E-state index in [0.717, 1.165) is 37.2 Å². The van der Waals surface area contributed by atoms with Gasteiger partial charge in [0.2, 0.25) is 5.91 Å². The number of amides is 1. The van der Waals surface area contributed by atoms with E-state index in [1.165, 1.54) is 11.9 Å². The van der Waals surface area contributed by atoms with Gasteiger partial charge in [-0.3, -0.25) is 14.8 Å². The van der Waals surface area contributed by atoms with Crippen molar-refractivity contribution in [3.8, 4) is 0 Å². The number of nitrogens with zero attached hydrogens (tertiary/aromatic N) is 2. The summed E-state index contributed by atoms with van der Waals surface area (Å²) < 4.78 is 21.9. The Bertz CT molecular complexity index is 976. The van der Waals surface area contributed by atoms with Crippen LogP contribution in [0.2, 0.25) is 10.0 Å². The quantitative estimate of drug-likeness (QED) is 0.214. The van der Waals surface area contributed by atoms with E-state index in [1.807, 2.05) is 42.5 Å². The summed E-state index contributed by atoms with van der Waals surface area (Å²) in [5, 5.41) is 5.70. The molecule has 0 aliphatic carbocycles. The average Bonchev–Trinajstić information content (AvgIpc) is 3.40. The van der Waals surface area contributed by atoms with E-state index < -0.39 is 0 Å². The summed E-state index contributed by atoms with van der Waals surface area (Å²) >= 11 is 13.4. The maximum Gasteiger partial charge on any atom is 0.227 e. The van der Waals surface area contributed by atoms with Gasteiger partial charge in [0, 0.05) is 33.8 Å². The third-order valence-electron chi connectivity index (χ3n) is 6.43. The number of nitrogens with two attached hydrogens (primary N) is 1. The highest BCUT2D eigenvalue weighted by atomic mass is 35.5. The molecule has 1 fully saturated rings. The van der Waals surface area contributed by atoms with Gasteiger partial charge in [-0.2, -0.15) is 0 Å². The van der Waals surface area contributed by atoms with Crippen molar-refractivity contribution in [3.05, 3.63) is 69.7 Å². The number of carbonyl (C=O) groups is 1. The fourth-order valence-electron chi connectivity index (χ4n) is 4.33. The minimum Gasteiger partial charge on any atom is -0.382 e. The third-order valence-corrected chi connectivity index (χ3v) is 7.17. The zero-order valence-corrected chi connectivity index (χ0v) is 26.1. The Labute approximate surface area is 253 Å². The van der Waals surface area contributed by atoms with Crippen LogP contribution in [0, 0.1) is 0 Å². The van der Waals surface area contributed by atoms with Crippen LogP contribution in [-0.2, 0) is 30.2 Å². The lowest BCUT2D eigenvalue weighted by Crippen LogP contribution is -2.39. The van der Waals surface area contributed by atoms with Gasteiger partial charge in [0.1, 0.15) is 0 Å². The molecule has 1 aliphatic rings. The second kappa shape index (κ2) is 20.5. The lowest BCUT2D eigenvalue weighted by atomic mass is 10.0. The SMILES string of the molecule is COCCOCCOCCOC1CCN(CC(c2ccccc2)N(C)C(=O)Cc2ccc(Cl)c(Cl)c2)C1.CSN. The summed E-state index contributed by atoms with van der Waals surface area (Å²) in [4.78, 5) is 17.5. The van der Waals surface area contributed by atoms with Crippen molar-refractivity contribution in [2.24, 2.45) is 5.14 Å². The van der Waals surface area contributed by atoms with Gasteiger partial charge in [0.15, 0.2) is 0 Å². The van der Waals surface area contributed by atoms with Crippen molar-refractivity contribution in [1.82, 2.24) is 9.80 Å². The highest BCUT2D eigenvalue weighted by Crippen LogP contribution is 2.26. The summed E-state index contributed by atoms with van der Waals surface area (Å²) in [5.74, 6) is 0.0302. The van der Waals surface area contributed by atoms with Crippen LogP contribution in [0.25, 0.3) is 0 Å². The van der Waals surface area contributed by atoms with Gasteiger partial charge >= 0.3 is 0 Å². The van der Waals surface area contributed by atoms with Crippen LogP contribution < -0.4 is 5.14 Å². The van der Waals surface area contributed by atoms with Gasteiger partial charge in [-0.15, -0.1) is 0 Å². The Kier molecular flexibility index (Phi) is 17.8. The first-order chi connectivity index (χ1) is 19.4. The zero-order chi connectivity index (χ0) is 29.2. The second-order valence-electron chi connectivity index (χ2n) is 9.35. The third kappa shape index (κ3) is 13.1. The van der Waals surface area contributed by atoms with Crippen LogP contribution in [0.5, 0.6) is 0 Å². The molecule has 0 aromatic heterocycles. The van der Waals surface area contributed by atoms with Gasteiger partial charge in [-0.1, -0.05) is 71.5 Å². The van der Waals surface area contributed by atoms with Crippen LogP contribution in [0.4, 0.5) is 0 Å². The van der Waals surface area contributed by atoms with Crippen molar-refractivity contribution in [3.63, 3.8) is 0 Å². The number of methoxy groups -OCH3 is 1. The first-order valence-corrected chi connectivity index (χ1v) is 15.4. The molecule has 3 rings (SSSR count). The predicted octanol–water partition coefficient (Wildman–Crippen LogP) is 4.73. The molecular weight excluding hydrogens is 573 g/mol. The fraction of sp³-hybridized carbons (Fsp3) is 0.552. The van der Waals surface area contributed by atoms with Crippen LogP contribution in [0.1, 0.15) is 23.6 Å². The number of benzene rings is 2. The van der Waals surface area contributed by atoms with Gasteiger partial charge in [-0.05, 0) is 35.9 Å². The molecule has 0 radical (unpaired) electrons. The molecule has 40 heavy (non-hydrogen) atoms. The molecule has 1 heterocycles. The summed E-state index contributed by atoms with van der Waals surface area (Å²) in [6.07, 6.45) is 3.21. The normalized spacial score (nSPS) is 15.9. The van der Waals surface area contributed by atoms with Crippen molar-refractivity contribution in [2.45, 2.75) is 25.0 Å². The zero-order valence-electron chi connectivity index (χ0n) is 23.7. The number of likely N-dealkylation sites (tertiary alicyclic amines) is 1. The van der Waals surface area contributed by atoms with Crippen LogP contribution >= 0.6 is 35.1 Å². The number of ether oxygens (including phenoxy) is 4. The van der Waals surface area contributed by atoms with Crippen molar-refractivity contribution < 1.29 is 23.7 Å². The first kappa shape index (κ1) is 34.8. The van der Waals surface area contributed by atoms with Crippen LogP contribution in [-0.4, -0.2) is 101 Å². The van der Waals surface area contributed by atoms with E-state index in [2.05, 4.69) is 17.0 Å². The molecule has 11 heteroatoms. The van der Waals surface area contributed by atoms with Gasteiger partial charge in [0.05, 0.1) is 68.3 Å². The minimum atomic E-state index is -0.0725. The number of hydrogen-bond donors (Lipinski definition) is 1. The summed E-state index contributed by atoms with van der Waals surface area (Å²) in [7, 11) is 3.53. The second-order valence-corrected chi connectivity index (χ2v) is 10.6. The van der Waals surface area contributed by atoms with E-state index >= 15 is 0 Å². The van der Waals surface area contributed by atoms with E-state index in [9.17, 15) is 4.79 Å². The molecule has 8 nitrogen and oxygen atoms in total. The predicted molar refractivity (Wildman–Crippen MR) is 164 cm³/mol. The molecule has 224 valence electrons. The van der Waals surface area contributed by atoms with Crippen molar-refractivity contribution >= 4 is 41.1 Å². The molecule has 1 aliphatic heterocycles. The smallest absolute Gasteiger partial charge is 0.227 e. The maximum absolute atomic E-state index is 13.2. The Balaban J connectivity index is 0.00000178. The summed E-state index contributed by atoms with van der Waals surface area (Å²) in [6, 6.07) is 15.4. The molecule has 2 unspecified atom stereocenters. The molecule has 1 amide bonds. The lowest BCUT2D eigenvalue weighted by molar-refractivity contribution is -0.131. The van der Waals surface area contributed by atoms with Crippen LogP contribution in [0.3, 0.4) is 0 Å². The largest absolute Gasteiger partial charge is 0.382 e. The summed E-state index contributed by atoms with van der Waals surface area (Å²) in [5.41, 5.74) is 1.95. The number of likely N-dealkylation sites (N-methyl/N-ethyl adjacent to an activating group) is 1. The van der Waals surface area contributed by atoms with Gasteiger partial charge in [-0.25, -0.2) is 0 Å². The van der Waals surface area contributed by atoms with E-state index in [1.54, 1.807) is 19.2 Å². The molecule has 2 aromatic carbocycles. The molecular formula is C29H43Cl2N3O5S. The number of halogens is 2. The van der Waals surface area contributed by atoms with Gasteiger partial charge < -0.3 is 23.8 Å². The number of carbonyl (C=O) groups excluding carboxylic acids is 1. The summed E-state index contributed by atoms with van der Waals surface area (Å²) in [6.45, 7) is 5.87. The molecule has 0 saturated carbocycles. The Morgan fingerprint density at radius 1 is 1.05 bits per heavy atom. The fourth-order valence-corrected chi connectivity index (χ4v) is 4.65. The highest BCUT2D eigenvalue weighted by molar-refractivity contribution is 7.96. The van der Waals surface area contributed by atoms with E-state index in [4.69, 9.17) is 47.3 Å². The van der Waals surface area contributed by atoms with Gasteiger partial charge in [0.25, 0.3) is 0 Å². The molecule has 2 atom stereocenters. The van der Waals surface area contributed by atoms with E-state index in [0.29, 0.717) is 49.7 Å². The highest BCUT2D eigenvalue weighted by Gasteiger charge is 2.29. The molecule has 0 spiro atoms. The Morgan fingerprint density at radius 2 is 1.70 bits per heavy atom. The maximum atomic E-state index is 13.2. The lowest BCUT2D eigenvalue weighted by Gasteiger charge is -2.32.